The van der Waals surface area contributed by atoms with E-state index in [2.05, 4.69) is 57.4 Å². The maximum atomic E-state index is 3.00. The van der Waals surface area contributed by atoms with Gasteiger partial charge in [-0.25, -0.2) is 0 Å². The normalized spacial score (nSPS) is 9.46. The van der Waals surface area contributed by atoms with Crippen molar-refractivity contribution < 1.29 is 0 Å². The number of allylic oxidation sites excluding steroid dienone is 1. The van der Waals surface area contributed by atoms with Gasteiger partial charge >= 0.3 is 0 Å². The Labute approximate surface area is 81.6 Å². The minimum atomic E-state index is 1.32. The van der Waals surface area contributed by atoms with Crippen molar-refractivity contribution in [3.05, 3.63) is 54.1 Å². The molecular weight excluding hydrogens is 156 g/mol. The van der Waals surface area contributed by atoms with Crippen LogP contribution in [-0.2, 0) is 0 Å². The molecule has 0 aliphatic heterocycles. The van der Waals surface area contributed by atoms with Gasteiger partial charge in [0.15, 0.2) is 0 Å². The fourth-order valence-electron chi connectivity index (χ4n) is 1.12. The van der Waals surface area contributed by atoms with E-state index in [1.807, 2.05) is 6.92 Å². The number of benzene rings is 1. The summed E-state index contributed by atoms with van der Waals surface area (Å²) in [7, 11) is 0. The number of rotatable bonds is 1. The second-order valence-corrected chi connectivity index (χ2v) is 2.86. The smallest absolute Gasteiger partial charge is 0.0228 e. The molecule has 70 valence electrons. The van der Waals surface area contributed by atoms with Gasteiger partial charge in [0.1, 0.15) is 0 Å². The van der Waals surface area contributed by atoms with Gasteiger partial charge in [0, 0.05) is 0 Å². The molecule has 13 heavy (non-hydrogen) atoms. The summed E-state index contributed by atoms with van der Waals surface area (Å²) in [6.45, 7) is 12.3. The van der Waals surface area contributed by atoms with Crippen LogP contribution in [0.4, 0.5) is 0 Å². The van der Waals surface area contributed by atoms with Crippen molar-refractivity contribution in [1.29, 1.82) is 0 Å². The largest absolute Gasteiger partial charge is 0.106 e. The second-order valence-electron chi connectivity index (χ2n) is 2.86. The van der Waals surface area contributed by atoms with Crippen LogP contribution in [0.5, 0.6) is 0 Å². The Morgan fingerprint density at radius 2 is 1.77 bits per heavy atom. The van der Waals surface area contributed by atoms with E-state index in [4.69, 9.17) is 0 Å². The van der Waals surface area contributed by atoms with Crippen molar-refractivity contribution in [3.63, 3.8) is 0 Å². The highest BCUT2D eigenvalue weighted by Gasteiger charge is 1.92. The van der Waals surface area contributed by atoms with Crippen molar-refractivity contribution in [1.82, 2.24) is 0 Å². The lowest BCUT2D eigenvalue weighted by molar-refractivity contribution is 1.37. The van der Waals surface area contributed by atoms with Crippen LogP contribution in [0.15, 0.2) is 37.4 Å². The molecule has 0 N–H and O–H groups in total. The maximum Gasteiger partial charge on any atom is -0.0228 e. The third kappa shape index (κ3) is 3.75. The standard InChI is InChI=1S/C11H14.C2H4/c1-4-5-11-8-9(2)6-7-10(11)3;1-2/h4-8H,1-3H3;1-2H2/b5-4-;. The highest BCUT2D eigenvalue weighted by atomic mass is 14.0. The quantitative estimate of drug-likeness (QED) is 0.561. The molecule has 1 aromatic rings. The second kappa shape index (κ2) is 6.24. The van der Waals surface area contributed by atoms with Gasteiger partial charge in [-0.15, -0.1) is 13.2 Å². The topological polar surface area (TPSA) is 0 Å². The molecule has 0 heterocycles. The highest BCUT2D eigenvalue weighted by Crippen LogP contribution is 2.11. The van der Waals surface area contributed by atoms with Gasteiger partial charge in [-0.3, -0.25) is 0 Å². The van der Waals surface area contributed by atoms with Gasteiger partial charge in [0.2, 0.25) is 0 Å². The number of hydrogen-bond donors (Lipinski definition) is 0. The molecule has 0 aliphatic rings. The molecule has 1 rings (SSSR count). The molecule has 0 fully saturated rings. The Kier molecular flexibility index (Phi) is 5.62. The van der Waals surface area contributed by atoms with Gasteiger partial charge in [-0.2, -0.15) is 0 Å². The first-order chi connectivity index (χ1) is 6.24. The van der Waals surface area contributed by atoms with E-state index in [1.165, 1.54) is 16.7 Å². The van der Waals surface area contributed by atoms with Gasteiger partial charge in [-0.1, -0.05) is 35.9 Å². The molecule has 0 nitrogen and oxygen atoms in total. The first kappa shape index (κ1) is 11.7. The maximum absolute atomic E-state index is 3.00. The third-order valence-electron chi connectivity index (χ3n) is 1.78. The first-order valence-electron chi connectivity index (χ1n) is 4.44. The summed E-state index contributed by atoms with van der Waals surface area (Å²) in [6.07, 6.45) is 4.21. The fraction of sp³-hybridized carbons (Fsp3) is 0.231. The van der Waals surface area contributed by atoms with Crippen molar-refractivity contribution in [3.8, 4) is 0 Å². The average molecular weight is 174 g/mol. The highest BCUT2D eigenvalue weighted by molar-refractivity contribution is 5.54. The fourth-order valence-corrected chi connectivity index (χ4v) is 1.12. The molecular formula is C13H18. The zero-order valence-corrected chi connectivity index (χ0v) is 8.80. The summed E-state index contributed by atoms with van der Waals surface area (Å²) in [5.41, 5.74) is 3.99. The Hall–Kier alpha value is -1.30. The molecule has 0 aromatic heterocycles. The lowest BCUT2D eigenvalue weighted by Gasteiger charge is -2.00. The Morgan fingerprint density at radius 3 is 2.31 bits per heavy atom. The van der Waals surface area contributed by atoms with Crippen molar-refractivity contribution in [2.45, 2.75) is 20.8 Å². The van der Waals surface area contributed by atoms with Crippen molar-refractivity contribution in [2.24, 2.45) is 0 Å². The van der Waals surface area contributed by atoms with E-state index in [0.29, 0.717) is 0 Å². The Balaban J connectivity index is 0.000000671. The first-order valence-corrected chi connectivity index (χ1v) is 4.44. The Morgan fingerprint density at radius 1 is 1.15 bits per heavy atom. The molecule has 0 radical (unpaired) electrons. The lowest BCUT2D eigenvalue weighted by Crippen LogP contribution is -1.81. The minimum Gasteiger partial charge on any atom is -0.106 e. The van der Waals surface area contributed by atoms with E-state index in [0.717, 1.165) is 0 Å². The van der Waals surface area contributed by atoms with Crippen molar-refractivity contribution >= 4 is 6.08 Å². The average Bonchev–Trinajstić information content (AvgIpc) is 2.15. The zero-order chi connectivity index (χ0) is 10.3. The monoisotopic (exact) mass is 174 g/mol. The van der Waals surface area contributed by atoms with E-state index >= 15 is 0 Å². The number of aryl methyl sites for hydroxylation is 2. The SMILES string of the molecule is C/C=C\c1cc(C)ccc1C.C=C. The van der Waals surface area contributed by atoms with Crippen LogP contribution in [-0.4, -0.2) is 0 Å². The molecule has 0 spiro atoms. The van der Waals surface area contributed by atoms with Gasteiger partial charge < -0.3 is 0 Å². The van der Waals surface area contributed by atoms with E-state index in [1.54, 1.807) is 0 Å². The summed E-state index contributed by atoms with van der Waals surface area (Å²) in [4.78, 5) is 0. The molecule has 0 aliphatic carbocycles. The van der Waals surface area contributed by atoms with Crippen LogP contribution in [0.1, 0.15) is 23.6 Å². The number of hydrogen-bond acceptors (Lipinski definition) is 0. The van der Waals surface area contributed by atoms with Crippen LogP contribution in [0.2, 0.25) is 0 Å². The molecule has 0 heteroatoms. The minimum absolute atomic E-state index is 1.32. The third-order valence-corrected chi connectivity index (χ3v) is 1.78. The lowest BCUT2D eigenvalue weighted by atomic mass is 10.1. The van der Waals surface area contributed by atoms with Crippen LogP contribution >= 0.6 is 0 Å². The van der Waals surface area contributed by atoms with Crippen LogP contribution in [0.3, 0.4) is 0 Å². The van der Waals surface area contributed by atoms with Gasteiger partial charge in [0.05, 0.1) is 0 Å². The predicted molar refractivity (Wildman–Crippen MR) is 61.9 cm³/mol. The molecule has 0 atom stereocenters. The molecule has 0 saturated carbocycles. The zero-order valence-electron chi connectivity index (χ0n) is 8.80. The van der Waals surface area contributed by atoms with Crippen LogP contribution in [0.25, 0.3) is 6.08 Å². The van der Waals surface area contributed by atoms with E-state index in [-0.39, 0.29) is 0 Å². The summed E-state index contributed by atoms with van der Waals surface area (Å²) >= 11 is 0. The molecule has 0 unspecified atom stereocenters. The molecule has 0 amide bonds. The summed E-state index contributed by atoms with van der Waals surface area (Å²) < 4.78 is 0. The summed E-state index contributed by atoms with van der Waals surface area (Å²) in [6, 6.07) is 6.50. The van der Waals surface area contributed by atoms with Crippen LogP contribution < -0.4 is 0 Å². The molecule has 0 saturated heterocycles. The van der Waals surface area contributed by atoms with E-state index in [9.17, 15) is 0 Å². The van der Waals surface area contributed by atoms with E-state index < -0.39 is 0 Å². The molecule has 0 bridgehead atoms. The predicted octanol–water partition coefficient (Wildman–Crippen LogP) is 4.14. The van der Waals surface area contributed by atoms with Crippen LogP contribution in [0, 0.1) is 13.8 Å². The summed E-state index contributed by atoms with van der Waals surface area (Å²) in [5, 5.41) is 0. The Bertz CT molecular complexity index is 282. The van der Waals surface area contributed by atoms with Gasteiger partial charge in [0.25, 0.3) is 0 Å². The summed E-state index contributed by atoms with van der Waals surface area (Å²) in [5.74, 6) is 0. The van der Waals surface area contributed by atoms with Gasteiger partial charge in [-0.05, 0) is 31.9 Å². The van der Waals surface area contributed by atoms with Crippen molar-refractivity contribution in [2.75, 3.05) is 0 Å². The molecule has 1 aromatic carbocycles.